The van der Waals surface area contributed by atoms with Gasteiger partial charge in [-0.15, -0.1) is 0 Å². The molecule has 1 aromatic carbocycles. The van der Waals surface area contributed by atoms with Crippen LogP contribution in [0.2, 0.25) is 0 Å². The number of nitrogens with zero attached hydrogens (tertiary/aromatic N) is 2. The fraction of sp³-hybridized carbons (Fsp3) is 0.500. The maximum Gasteiger partial charge on any atom is 0.305 e. The van der Waals surface area contributed by atoms with Crippen molar-refractivity contribution in [3.8, 4) is 0 Å². The van der Waals surface area contributed by atoms with Crippen molar-refractivity contribution in [1.82, 2.24) is 10.2 Å². The number of halogens is 1. The van der Waals surface area contributed by atoms with E-state index < -0.39 is 16.4 Å². The van der Waals surface area contributed by atoms with Crippen LogP contribution in [0.25, 0.3) is 0 Å². The van der Waals surface area contributed by atoms with Crippen molar-refractivity contribution in [3.05, 3.63) is 39.7 Å². The highest BCUT2D eigenvalue weighted by atomic mass is 19.1. The maximum atomic E-state index is 13.8. The summed E-state index contributed by atoms with van der Waals surface area (Å²) in [5, 5.41) is 13.5. The van der Waals surface area contributed by atoms with Crippen LogP contribution in [-0.4, -0.2) is 35.4 Å². The summed E-state index contributed by atoms with van der Waals surface area (Å²) >= 11 is 0. The first-order valence-corrected chi connectivity index (χ1v) is 7.00. The van der Waals surface area contributed by atoms with Crippen LogP contribution in [0, 0.1) is 15.9 Å². The summed E-state index contributed by atoms with van der Waals surface area (Å²) in [6, 6.07) is 4.03. The normalized spacial score (nSPS) is 15.0. The minimum atomic E-state index is -0.847. The largest absolute Gasteiger partial charge is 0.342 e. The van der Waals surface area contributed by atoms with Crippen LogP contribution in [0.1, 0.15) is 24.8 Å². The number of rotatable bonds is 5. The fourth-order valence-electron chi connectivity index (χ4n) is 2.40. The summed E-state index contributed by atoms with van der Waals surface area (Å²) in [5.41, 5.74) is -0.354. The van der Waals surface area contributed by atoms with Crippen LogP contribution in [0.15, 0.2) is 18.2 Å². The number of nitro groups is 1. The Morgan fingerprint density at radius 1 is 1.33 bits per heavy atom. The quantitative estimate of drug-likeness (QED) is 0.664. The third kappa shape index (κ3) is 3.98. The molecule has 0 atom stereocenters. The molecule has 0 saturated carbocycles. The van der Waals surface area contributed by atoms with Crippen LogP contribution in [0.3, 0.4) is 0 Å². The summed E-state index contributed by atoms with van der Waals surface area (Å²) < 4.78 is 13.8. The Labute approximate surface area is 122 Å². The van der Waals surface area contributed by atoms with E-state index >= 15 is 0 Å². The van der Waals surface area contributed by atoms with Gasteiger partial charge in [0.05, 0.1) is 11.5 Å². The van der Waals surface area contributed by atoms with Crippen molar-refractivity contribution in [2.45, 2.75) is 25.8 Å². The van der Waals surface area contributed by atoms with E-state index in [0.29, 0.717) is 0 Å². The third-order valence-corrected chi connectivity index (χ3v) is 3.56. The van der Waals surface area contributed by atoms with Gasteiger partial charge in [0, 0.05) is 31.3 Å². The Hall–Kier alpha value is -2.02. The van der Waals surface area contributed by atoms with Crippen LogP contribution in [-0.2, 0) is 11.3 Å². The monoisotopic (exact) mass is 295 g/mol. The van der Waals surface area contributed by atoms with Gasteiger partial charge in [-0.2, -0.15) is 4.39 Å². The molecule has 21 heavy (non-hydrogen) atoms. The van der Waals surface area contributed by atoms with E-state index in [-0.39, 0.29) is 24.6 Å². The molecule has 1 N–H and O–H groups in total. The zero-order chi connectivity index (χ0) is 15.2. The molecular formula is C14H18FN3O3. The Morgan fingerprint density at radius 3 is 2.71 bits per heavy atom. The lowest BCUT2D eigenvalue weighted by Crippen LogP contribution is -2.41. The number of piperidine rings is 1. The number of likely N-dealkylation sites (tertiary alicyclic amines) is 1. The first-order valence-electron chi connectivity index (χ1n) is 7.00. The van der Waals surface area contributed by atoms with Crippen molar-refractivity contribution in [2.24, 2.45) is 0 Å². The van der Waals surface area contributed by atoms with E-state index in [9.17, 15) is 19.3 Å². The molecule has 0 aromatic heterocycles. The third-order valence-electron chi connectivity index (χ3n) is 3.56. The second-order valence-electron chi connectivity index (χ2n) is 5.05. The van der Waals surface area contributed by atoms with Crippen LogP contribution in [0.5, 0.6) is 0 Å². The number of nitro benzene ring substituents is 1. The number of carbonyl (C=O) groups is 1. The number of carbonyl (C=O) groups excluding carboxylic acids is 1. The first-order chi connectivity index (χ1) is 10.1. The second kappa shape index (κ2) is 7.12. The smallest absolute Gasteiger partial charge is 0.305 e. The molecule has 114 valence electrons. The Kier molecular flexibility index (Phi) is 5.21. The zero-order valence-electron chi connectivity index (χ0n) is 11.7. The van der Waals surface area contributed by atoms with Gasteiger partial charge in [-0.05, 0) is 19.3 Å². The van der Waals surface area contributed by atoms with Crippen LogP contribution >= 0.6 is 0 Å². The molecule has 1 aromatic rings. The van der Waals surface area contributed by atoms with Gasteiger partial charge >= 0.3 is 5.69 Å². The van der Waals surface area contributed by atoms with E-state index in [4.69, 9.17) is 0 Å². The Bertz CT molecular complexity index is 530. The van der Waals surface area contributed by atoms with Crippen molar-refractivity contribution in [1.29, 1.82) is 0 Å². The van der Waals surface area contributed by atoms with Gasteiger partial charge in [0.15, 0.2) is 0 Å². The topological polar surface area (TPSA) is 75.5 Å². The lowest BCUT2D eigenvalue weighted by Gasteiger charge is -2.26. The van der Waals surface area contributed by atoms with E-state index in [1.54, 1.807) is 4.90 Å². The first kappa shape index (κ1) is 15.4. The summed E-state index contributed by atoms with van der Waals surface area (Å²) in [6.07, 6.45) is 3.19. The molecule has 1 amide bonds. The fourth-order valence-corrected chi connectivity index (χ4v) is 2.40. The van der Waals surface area contributed by atoms with E-state index in [1.807, 2.05) is 0 Å². The minimum absolute atomic E-state index is 0.0134. The van der Waals surface area contributed by atoms with Crippen molar-refractivity contribution in [2.75, 3.05) is 19.6 Å². The molecule has 0 spiro atoms. The van der Waals surface area contributed by atoms with Gasteiger partial charge in [0.2, 0.25) is 11.7 Å². The lowest BCUT2D eigenvalue weighted by molar-refractivity contribution is -0.387. The molecule has 1 aliphatic rings. The van der Waals surface area contributed by atoms with Crippen molar-refractivity contribution >= 4 is 11.6 Å². The number of hydrogen-bond donors (Lipinski definition) is 1. The zero-order valence-corrected chi connectivity index (χ0v) is 11.7. The molecule has 0 aliphatic carbocycles. The van der Waals surface area contributed by atoms with Crippen LogP contribution in [0.4, 0.5) is 10.1 Å². The van der Waals surface area contributed by atoms with Crippen LogP contribution < -0.4 is 5.32 Å². The molecule has 6 nitrogen and oxygen atoms in total. The summed E-state index contributed by atoms with van der Waals surface area (Å²) in [7, 11) is 0. The molecule has 1 saturated heterocycles. The average molecular weight is 295 g/mol. The van der Waals surface area contributed by atoms with E-state index in [2.05, 4.69) is 5.32 Å². The number of hydrogen-bond acceptors (Lipinski definition) is 4. The van der Waals surface area contributed by atoms with Crippen molar-refractivity contribution in [3.63, 3.8) is 0 Å². The SMILES string of the molecule is O=C(CNCc1cccc([N+](=O)[O-])c1F)N1CCCCC1. The number of nitrogens with one attached hydrogen (secondary N) is 1. The van der Waals surface area contributed by atoms with E-state index in [1.165, 1.54) is 12.1 Å². The summed E-state index contributed by atoms with van der Waals surface area (Å²) in [6.45, 7) is 1.74. The Balaban J connectivity index is 1.87. The molecule has 0 unspecified atom stereocenters. The molecule has 1 fully saturated rings. The highest BCUT2D eigenvalue weighted by Gasteiger charge is 2.18. The van der Waals surface area contributed by atoms with Gasteiger partial charge < -0.3 is 10.2 Å². The molecular weight excluding hydrogens is 277 g/mol. The molecule has 7 heteroatoms. The minimum Gasteiger partial charge on any atom is -0.342 e. The maximum absolute atomic E-state index is 13.8. The predicted octanol–water partition coefficient (Wildman–Crippen LogP) is 1.84. The lowest BCUT2D eigenvalue weighted by atomic mass is 10.1. The average Bonchev–Trinajstić information content (AvgIpc) is 2.49. The van der Waals surface area contributed by atoms with Gasteiger partial charge in [0.1, 0.15) is 0 Å². The van der Waals surface area contributed by atoms with Gasteiger partial charge in [0.25, 0.3) is 0 Å². The molecule has 2 rings (SSSR count). The Morgan fingerprint density at radius 2 is 2.05 bits per heavy atom. The highest BCUT2D eigenvalue weighted by molar-refractivity contribution is 5.78. The van der Waals surface area contributed by atoms with Gasteiger partial charge in [-0.25, -0.2) is 0 Å². The molecule has 1 heterocycles. The highest BCUT2D eigenvalue weighted by Crippen LogP contribution is 2.19. The molecule has 0 bridgehead atoms. The summed E-state index contributed by atoms with van der Waals surface area (Å²) in [4.78, 5) is 23.6. The number of benzene rings is 1. The molecule has 0 radical (unpaired) electrons. The summed E-state index contributed by atoms with van der Waals surface area (Å²) in [5.74, 6) is -0.860. The van der Waals surface area contributed by atoms with Crippen molar-refractivity contribution < 1.29 is 14.1 Å². The van der Waals surface area contributed by atoms with Gasteiger partial charge in [-0.3, -0.25) is 14.9 Å². The predicted molar refractivity (Wildman–Crippen MR) is 75.2 cm³/mol. The van der Waals surface area contributed by atoms with E-state index in [0.717, 1.165) is 38.4 Å². The number of amides is 1. The molecule has 1 aliphatic heterocycles. The second-order valence-corrected chi connectivity index (χ2v) is 5.05. The van der Waals surface area contributed by atoms with Gasteiger partial charge in [-0.1, -0.05) is 12.1 Å². The standard InChI is InChI=1S/C14H18FN3O3/c15-14-11(5-4-6-12(14)18(20)21)9-16-10-13(19)17-7-2-1-3-8-17/h4-6,16H,1-3,7-10H2.